The molecule has 130 valence electrons. The molecule has 0 fully saturated rings. The largest absolute Gasteiger partial charge is 0.573 e. The van der Waals surface area contributed by atoms with E-state index in [2.05, 4.69) is 20.2 Å². The summed E-state index contributed by atoms with van der Waals surface area (Å²) in [4.78, 5) is 14.8. The Labute approximate surface area is 145 Å². The molecule has 0 unspecified atom stereocenters. The van der Waals surface area contributed by atoms with Crippen molar-refractivity contribution in [1.82, 2.24) is 4.98 Å². The van der Waals surface area contributed by atoms with Crippen molar-refractivity contribution in [2.24, 2.45) is 5.10 Å². The second kappa shape index (κ2) is 6.64. The predicted molar refractivity (Wildman–Crippen MR) is 88.5 cm³/mol. The molecule has 1 N–H and O–H groups in total. The molecule has 0 saturated heterocycles. The van der Waals surface area contributed by atoms with Gasteiger partial charge in [-0.2, -0.15) is 5.10 Å². The third-order valence-electron chi connectivity index (χ3n) is 2.74. The number of hydrogen-bond acceptors (Lipinski definition) is 8. The third-order valence-corrected chi connectivity index (χ3v) is 4.63. The second-order valence-electron chi connectivity index (χ2n) is 4.50. The summed E-state index contributed by atoms with van der Waals surface area (Å²) >= 11 is 2.05. The van der Waals surface area contributed by atoms with E-state index < -0.39 is 11.3 Å². The van der Waals surface area contributed by atoms with E-state index in [-0.39, 0.29) is 10.8 Å². The number of nitrogens with zero attached hydrogens (tertiary/aromatic N) is 3. The fraction of sp³-hybridized carbons (Fsp3) is 0.0769. The maximum absolute atomic E-state index is 12.2. The Morgan fingerprint density at radius 2 is 2.08 bits per heavy atom. The van der Waals surface area contributed by atoms with Gasteiger partial charge in [-0.1, -0.05) is 22.7 Å². The highest BCUT2D eigenvalue weighted by Gasteiger charge is 2.31. The van der Waals surface area contributed by atoms with E-state index in [1.165, 1.54) is 30.5 Å². The molecule has 0 aliphatic carbocycles. The van der Waals surface area contributed by atoms with Gasteiger partial charge in [0.2, 0.25) is 5.13 Å². The second-order valence-corrected chi connectivity index (χ2v) is 6.62. The van der Waals surface area contributed by atoms with Crippen LogP contribution in [0.5, 0.6) is 5.75 Å². The van der Waals surface area contributed by atoms with Crippen molar-refractivity contribution in [2.75, 3.05) is 5.43 Å². The molecule has 0 saturated carbocycles. The number of fused-ring (bicyclic) bond motifs is 1. The van der Waals surface area contributed by atoms with Crippen LogP contribution >= 0.6 is 22.7 Å². The average molecular weight is 388 g/mol. The summed E-state index contributed by atoms with van der Waals surface area (Å²) in [6, 6.07) is 6.73. The third kappa shape index (κ3) is 4.42. The van der Waals surface area contributed by atoms with E-state index in [4.69, 9.17) is 0 Å². The van der Waals surface area contributed by atoms with Crippen molar-refractivity contribution >= 4 is 49.2 Å². The minimum Gasteiger partial charge on any atom is -0.406 e. The van der Waals surface area contributed by atoms with Gasteiger partial charge < -0.3 is 4.74 Å². The summed E-state index contributed by atoms with van der Waals surface area (Å²) in [6.07, 6.45) is -3.37. The number of benzene rings is 1. The number of thiophene rings is 1. The first-order chi connectivity index (χ1) is 11.8. The average Bonchev–Trinajstić information content (AvgIpc) is 3.11. The van der Waals surface area contributed by atoms with Crippen LogP contribution in [0.1, 0.15) is 4.88 Å². The van der Waals surface area contributed by atoms with Gasteiger partial charge in [0.05, 0.1) is 26.2 Å². The Morgan fingerprint density at radius 1 is 1.28 bits per heavy atom. The summed E-state index contributed by atoms with van der Waals surface area (Å²) in [7, 11) is 0. The number of anilines is 1. The highest BCUT2D eigenvalue weighted by atomic mass is 32.1. The van der Waals surface area contributed by atoms with Crippen molar-refractivity contribution in [3.05, 3.63) is 45.3 Å². The number of halogens is 3. The molecule has 0 atom stereocenters. The zero-order chi connectivity index (χ0) is 18.0. The number of aromatic nitrogens is 1. The molecule has 12 heteroatoms. The fourth-order valence-electron chi connectivity index (χ4n) is 1.81. The Hall–Kier alpha value is -2.73. The number of alkyl halides is 3. The predicted octanol–water partition coefficient (Wildman–Crippen LogP) is 4.61. The van der Waals surface area contributed by atoms with Crippen LogP contribution in [0, 0.1) is 10.1 Å². The van der Waals surface area contributed by atoms with E-state index >= 15 is 0 Å². The van der Waals surface area contributed by atoms with Crippen LogP contribution in [0.2, 0.25) is 0 Å². The molecule has 7 nitrogen and oxygen atoms in total. The number of thiazole rings is 1. The molecular formula is C13H7F3N4O3S2. The zero-order valence-corrected chi connectivity index (χ0v) is 13.6. The first-order valence-electron chi connectivity index (χ1n) is 6.50. The van der Waals surface area contributed by atoms with Gasteiger partial charge in [-0.25, -0.2) is 4.98 Å². The van der Waals surface area contributed by atoms with Crippen molar-refractivity contribution in [2.45, 2.75) is 6.36 Å². The number of nitrogens with one attached hydrogen (secondary N) is 1. The maximum Gasteiger partial charge on any atom is 0.573 e. The summed E-state index contributed by atoms with van der Waals surface area (Å²) in [5, 5.41) is 14.9. The van der Waals surface area contributed by atoms with Crippen molar-refractivity contribution in [3.63, 3.8) is 0 Å². The van der Waals surface area contributed by atoms with Crippen LogP contribution in [-0.2, 0) is 0 Å². The lowest BCUT2D eigenvalue weighted by Crippen LogP contribution is -2.16. The van der Waals surface area contributed by atoms with Gasteiger partial charge in [0.1, 0.15) is 5.75 Å². The monoisotopic (exact) mass is 388 g/mol. The Morgan fingerprint density at radius 3 is 2.76 bits per heavy atom. The Balaban J connectivity index is 1.71. The number of hydrogen-bond donors (Lipinski definition) is 1. The van der Waals surface area contributed by atoms with Crippen LogP contribution in [0.4, 0.5) is 23.3 Å². The van der Waals surface area contributed by atoms with Crippen LogP contribution < -0.4 is 10.2 Å². The van der Waals surface area contributed by atoms with Crippen LogP contribution in [0.3, 0.4) is 0 Å². The molecule has 2 aromatic heterocycles. The highest BCUT2D eigenvalue weighted by Crippen LogP contribution is 2.31. The smallest absolute Gasteiger partial charge is 0.406 e. The number of rotatable bonds is 5. The summed E-state index contributed by atoms with van der Waals surface area (Å²) < 4.78 is 41.0. The normalized spacial score (nSPS) is 12.0. The first-order valence-corrected chi connectivity index (χ1v) is 8.13. The fourth-order valence-corrected chi connectivity index (χ4v) is 3.35. The molecule has 0 aliphatic rings. The van der Waals surface area contributed by atoms with E-state index in [1.807, 2.05) is 0 Å². The van der Waals surface area contributed by atoms with Gasteiger partial charge in [-0.05, 0) is 18.2 Å². The molecular weight excluding hydrogens is 381 g/mol. The van der Waals surface area contributed by atoms with Crippen molar-refractivity contribution in [3.8, 4) is 5.75 Å². The van der Waals surface area contributed by atoms with E-state index in [0.29, 0.717) is 20.2 Å². The van der Waals surface area contributed by atoms with Gasteiger partial charge >= 0.3 is 11.4 Å². The van der Waals surface area contributed by atoms with Gasteiger partial charge in [0.25, 0.3) is 0 Å². The number of nitro groups is 1. The number of hydrazone groups is 1. The van der Waals surface area contributed by atoms with Crippen molar-refractivity contribution in [1.29, 1.82) is 0 Å². The van der Waals surface area contributed by atoms with Crippen LogP contribution in [-0.4, -0.2) is 22.5 Å². The number of ether oxygens (including phenoxy) is 1. The molecule has 3 rings (SSSR count). The minimum absolute atomic E-state index is 0.00127. The maximum atomic E-state index is 12.2. The van der Waals surface area contributed by atoms with E-state index in [1.54, 1.807) is 6.07 Å². The van der Waals surface area contributed by atoms with Gasteiger partial charge in [0, 0.05) is 12.1 Å². The molecule has 1 aromatic carbocycles. The first kappa shape index (κ1) is 17.1. The molecule has 0 radical (unpaired) electrons. The molecule has 0 aliphatic heterocycles. The zero-order valence-electron chi connectivity index (χ0n) is 12.0. The van der Waals surface area contributed by atoms with Crippen LogP contribution in [0.15, 0.2) is 35.4 Å². The molecule has 0 bridgehead atoms. The molecule has 2 heterocycles. The highest BCUT2D eigenvalue weighted by molar-refractivity contribution is 7.22. The summed E-state index contributed by atoms with van der Waals surface area (Å²) in [5.41, 5.74) is 3.13. The Bertz CT molecular complexity index is 952. The SMILES string of the molecule is O=[N+]([O-])c1ccc(/C=N\Nc2nc3ccc(OC(F)(F)F)cc3s2)s1. The van der Waals surface area contributed by atoms with Gasteiger partial charge in [-0.15, -0.1) is 13.2 Å². The summed E-state index contributed by atoms with van der Waals surface area (Å²) in [6.45, 7) is 0. The van der Waals surface area contributed by atoms with E-state index in [0.717, 1.165) is 22.7 Å². The van der Waals surface area contributed by atoms with Gasteiger partial charge in [-0.3, -0.25) is 15.5 Å². The molecule has 0 spiro atoms. The van der Waals surface area contributed by atoms with E-state index in [9.17, 15) is 23.3 Å². The summed E-state index contributed by atoms with van der Waals surface area (Å²) in [5.74, 6) is -0.329. The van der Waals surface area contributed by atoms with Crippen molar-refractivity contribution < 1.29 is 22.8 Å². The van der Waals surface area contributed by atoms with Crippen LogP contribution in [0.25, 0.3) is 10.2 Å². The minimum atomic E-state index is -4.76. The lowest BCUT2D eigenvalue weighted by Gasteiger charge is -2.07. The molecule has 0 amide bonds. The topological polar surface area (TPSA) is 89.7 Å². The lowest BCUT2D eigenvalue weighted by atomic mass is 10.3. The molecule has 3 aromatic rings. The lowest BCUT2D eigenvalue weighted by molar-refractivity contribution is -0.380. The Kier molecular flexibility index (Phi) is 4.55. The quantitative estimate of drug-likeness (QED) is 0.392. The van der Waals surface area contributed by atoms with Gasteiger partial charge in [0.15, 0.2) is 0 Å². The standard InChI is InChI=1S/C13H7F3N4O3S2/c14-13(15,16)23-7-1-3-9-10(5-7)25-12(18-9)19-17-6-8-2-4-11(24-8)20(21)22/h1-6H,(H,18,19)/b17-6-. The molecule has 25 heavy (non-hydrogen) atoms.